The smallest absolute Gasteiger partial charge is 0.465 e. The Balaban J connectivity index is 2.45. The molecule has 2 aromatic carbocycles. The molecule has 0 saturated carbocycles. The number of hydrogen-bond acceptors (Lipinski definition) is 3. The molecule has 0 aromatic heterocycles. The fourth-order valence-electron chi connectivity index (χ4n) is 1.88. The van der Waals surface area contributed by atoms with Crippen molar-refractivity contribution in [2.45, 2.75) is 6.36 Å². The minimum absolute atomic E-state index is 0.0511. The average molecular weight is 314 g/mol. The van der Waals surface area contributed by atoms with Gasteiger partial charge >= 0.3 is 12.3 Å². The lowest BCUT2D eigenvalue weighted by molar-refractivity contribution is -0.274. The average Bonchev–Trinajstić information content (AvgIpc) is 2.45. The Kier molecular flexibility index (Phi) is 4.35. The van der Waals surface area contributed by atoms with Crippen molar-refractivity contribution < 1.29 is 31.8 Å². The molecule has 0 atom stereocenters. The molecule has 0 heterocycles. The molecule has 0 aliphatic heterocycles. The Labute approximate surface area is 123 Å². The molecule has 116 valence electrons. The molecule has 0 aliphatic rings. The Morgan fingerprint density at radius 3 is 2.36 bits per heavy atom. The van der Waals surface area contributed by atoms with Crippen LogP contribution in [0, 0.1) is 5.82 Å². The van der Waals surface area contributed by atoms with Crippen LogP contribution in [-0.2, 0) is 4.74 Å². The molecular weight excluding hydrogens is 304 g/mol. The minimum atomic E-state index is -4.86. The van der Waals surface area contributed by atoms with Gasteiger partial charge in [0.2, 0.25) is 0 Å². The predicted octanol–water partition coefficient (Wildman–Crippen LogP) is 4.18. The van der Waals surface area contributed by atoms with Crippen LogP contribution < -0.4 is 4.74 Å². The van der Waals surface area contributed by atoms with Gasteiger partial charge < -0.3 is 9.47 Å². The monoisotopic (exact) mass is 314 g/mol. The van der Waals surface area contributed by atoms with E-state index >= 15 is 0 Å². The summed E-state index contributed by atoms with van der Waals surface area (Å²) in [7, 11) is 1.10. The van der Waals surface area contributed by atoms with E-state index in [1.807, 2.05) is 0 Å². The third-order valence-corrected chi connectivity index (χ3v) is 2.80. The number of carbonyl (C=O) groups is 1. The molecule has 0 amide bonds. The standard InChI is InChI=1S/C15H10F4O3/c1-21-14(20)11-7-6-9(8-12(11)16)10-4-2-3-5-13(10)22-15(17,18)19/h2-8H,1H3. The van der Waals surface area contributed by atoms with E-state index < -0.39 is 23.9 Å². The largest absolute Gasteiger partial charge is 0.573 e. The maximum atomic E-state index is 13.9. The highest BCUT2D eigenvalue weighted by Crippen LogP contribution is 2.34. The zero-order valence-corrected chi connectivity index (χ0v) is 11.3. The Morgan fingerprint density at radius 2 is 1.77 bits per heavy atom. The van der Waals surface area contributed by atoms with Crippen LogP contribution >= 0.6 is 0 Å². The van der Waals surface area contributed by atoms with Gasteiger partial charge in [-0.05, 0) is 23.8 Å². The van der Waals surface area contributed by atoms with Gasteiger partial charge in [0.1, 0.15) is 11.6 Å². The van der Waals surface area contributed by atoms with E-state index in [4.69, 9.17) is 0 Å². The van der Waals surface area contributed by atoms with Gasteiger partial charge in [-0.2, -0.15) is 0 Å². The number of para-hydroxylation sites is 1. The summed E-state index contributed by atoms with van der Waals surface area (Å²) in [4.78, 5) is 11.3. The van der Waals surface area contributed by atoms with Gasteiger partial charge in [-0.3, -0.25) is 0 Å². The highest BCUT2D eigenvalue weighted by Gasteiger charge is 2.32. The predicted molar refractivity (Wildman–Crippen MR) is 69.9 cm³/mol. The Morgan fingerprint density at radius 1 is 1.09 bits per heavy atom. The summed E-state index contributed by atoms with van der Waals surface area (Å²) in [6.45, 7) is 0. The number of carbonyl (C=O) groups excluding carboxylic acids is 1. The van der Waals surface area contributed by atoms with Crippen molar-refractivity contribution in [2.24, 2.45) is 0 Å². The molecule has 3 nitrogen and oxygen atoms in total. The molecule has 0 radical (unpaired) electrons. The lowest BCUT2D eigenvalue weighted by Gasteiger charge is -2.13. The van der Waals surface area contributed by atoms with Crippen molar-refractivity contribution in [3.05, 3.63) is 53.8 Å². The quantitative estimate of drug-likeness (QED) is 0.630. The first kappa shape index (κ1) is 15.8. The molecule has 0 bridgehead atoms. The Hall–Kier alpha value is -2.57. The molecule has 0 N–H and O–H groups in total. The third kappa shape index (κ3) is 3.55. The van der Waals surface area contributed by atoms with Crippen molar-refractivity contribution in [3.63, 3.8) is 0 Å². The van der Waals surface area contributed by atoms with Crippen LogP contribution in [0.1, 0.15) is 10.4 Å². The zero-order valence-electron chi connectivity index (χ0n) is 11.3. The second kappa shape index (κ2) is 6.05. The van der Waals surface area contributed by atoms with Gasteiger partial charge in [-0.1, -0.05) is 24.3 Å². The maximum Gasteiger partial charge on any atom is 0.573 e. The molecule has 0 unspecified atom stereocenters. The lowest BCUT2D eigenvalue weighted by atomic mass is 10.0. The Bertz CT molecular complexity index is 695. The van der Waals surface area contributed by atoms with Crippen LogP contribution in [0.15, 0.2) is 42.5 Å². The summed E-state index contributed by atoms with van der Waals surface area (Å²) in [6.07, 6.45) is -4.86. The van der Waals surface area contributed by atoms with E-state index in [1.54, 1.807) is 0 Å². The van der Waals surface area contributed by atoms with Crippen LogP contribution in [0.3, 0.4) is 0 Å². The van der Waals surface area contributed by atoms with E-state index in [1.165, 1.54) is 24.3 Å². The van der Waals surface area contributed by atoms with E-state index in [0.29, 0.717) is 0 Å². The van der Waals surface area contributed by atoms with Gasteiger partial charge in [0.05, 0.1) is 12.7 Å². The van der Waals surface area contributed by atoms with Crippen LogP contribution in [0.25, 0.3) is 11.1 Å². The van der Waals surface area contributed by atoms with Gasteiger partial charge in [-0.25, -0.2) is 9.18 Å². The number of rotatable bonds is 3. The van der Waals surface area contributed by atoms with Crippen molar-refractivity contribution >= 4 is 5.97 Å². The zero-order chi connectivity index (χ0) is 16.3. The van der Waals surface area contributed by atoms with Crippen LogP contribution in [0.5, 0.6) is 5.75 Å². The molecule has 7 heteroatoms. The second-order valence-corrected chi connectivity index (χ2v) is 4.23. The van der Waals surface area contributed by atoms with Gasteiger partial charge in [0.25, 0.3) is 0 Å². The van der Waals surface area contributed by atoms with Gasteiger partial charge in [0.15, 0.2) is 0 Å². The van der Waals surface area contributed by atoms with Gasteiger partial charge in [0, 0.05) is 5.56 Å². The molecule has 2 aromatic rings. The lowest BCUT2D eigenvalue weighted by Crippen LogP contribution is -2.17. The van der Waals surface area contributed by atoms with Crippen molar-refractivity contribution in [3.8, 4) is 16.9 Å². The molecule has 22 heavy (non-hydrogen) atoms. The first-order valence-electron chi connectivity index (χ1n) is 6.05. The molecular formula is C15H10F4O3. The number of ether oxygens (including phenoxy) is 2. The third-order valence-electron chi connectivity index (χ3n) is 2.80. The molecule has 2 rings (SSSR count). The normalized spacial score (nSPS) is 11.1. The first-order chi connectivity index (χ1) is 10.3. The van der Waals surface area contributed by atoms with Crippen LogP contribution in [0.4, 0.5) is 17.6 Å². The number of halogens is 4. The fourth-order valence-corrected chi connectivity index (χ4v) is 1.88. The second-order valence-electron chi connectivity index (χ2n) is 4.23. The van der Waals surface area contributed by atoms with E-state index in [-0.39, 0.29) is 16.7 Å². The fraction of sp³-hybridized carbons (Fsp3) is 0.133. The van der Waals surface area contributed by atoms with Crippen LogP contribution in [0.2, 0.25) is 0 Å². The van der Waals surface area contributed by atoms with Gasteiger partial charge in [-0.15, -0.1) is 13.2 Å². The molecule has 0 saturated heterocycles. The summed E-state index contributed by atoms with van der Waals surface area (Å²) in [5.41, 5.74) is -0.111. The van der Waals surface area contributed by atoms with E-state index in [2.05, 4.69) is 9.47 Å². The number of benzene rings is 2. The first-order valence-corrected chi connectivity index (χ1v) is 6.05. The molecule has 0 fully saturated rings. The van der Waals surface area contributed by atoms with Crippen LogP contribution in [-0.4, -0.2) is 19.4 Å². The highest BCUT2D eigenvalue weighted by atomic mass is 19.4. The number of methoxy groups -OCH3 is 1. The summed E-state index contributed by atoms with van der Waals surface area (Å²) in [5, 5.41) is 0. The van der Waals surface area contributed by atoms with Crippen molar-refractivity contribution in [2.75, 3.05) is 7.11 Å². The van der Waals surface area contributed by atoms with Crippen molar-refractivity contribution in [1.29, 1.82) is 0 Å². The number of alkyl halides is 3. The summed E-state index contributed by atoms with van der Waals surface area (Å²) in [6, 6.07) is 8.73. The van der Waals surface area contributed by atoms with E-state index in [0.717, 1.165) is 25.3 Å². The number of esters is 1. The minimum Gasteiger partial charge on any atom is -0.465 e. The van der Waals surface area contributed by atoms with E-state index in [9.17, 15) is 22.4 Å². The molecule has 0 spiro atoms. The maximum absolute atomic E-state index is 13.9. The summed E-state index contributed by atoms with van der Waals surface area (Å²) < 4.78 is 59.3. The van der Waals surface area contributed by atoms with Crippen molar-refractivity contribution in [1.82, 2.24) is 0 Å². The topological polar surface area (TPSA) is 35.5 Å². The highest BCUT2D eigenvalue weighted by molar-refractivity contribution is 5.90. The summed E-state index contributed by atoms with van der Waals surface area (Å²) >= 11 is 0. The SMILES string of the molecule is COC(=O)c1ccc(-c2ccccc2OC(F)(F)F)cc1F. The number of hydrogen-bond donors (Lipinski definition) is 0. The summed E-state index contributed by atoms with van der Waals surface area (Å²) in [5.74, 6) is -2.23. The molecule has 0 aliphatic carbocycles.